The molecule has 0 aromatic carbocycles. The molecule has 1 fully saturated rings. The molecule has 1 N–H and O–H groups in total. The summed E-state index contributed by atoms with van der Waals surface area (Å²) in [6.07, 6.45) is -2.91. The van der Waals surface area contributed by atoms with Crippen molar-refractivity contribution >= 4 is 15.7 Å². The Kier molecular flexibility index (Phi) is 5.19. The summed E-state index contributed by atoms with van der Waals surface area (Å²) in [5.74, 6) is -1.86. The van der Waals surface area contributed by atoms with Crippen LogP contribution in [0, 0.1) is 0 Å². The minimum absolute atomic E-state index is 0.394. The zero-order chi connectivity index (χ0) is 14.7. The molecular weight excluding hydrogens is 285 g/mol. The fourth-order valence-corrected chi connectivity index (χ4v) is 2.65. The Morgan fingerprint density at radius 1 is 1.32 bits per heavy atom. The van der Waals surface area contributed by atoms with Crippen LogP contribution in [0.1, 0.15) is 12.8 Å². The van der Waals surface area contributed by atoms with Gasteiger partial charge in [0.15, 0.2) is 9.84 Å². The lowest BCUT2D eigenvalue weighted by atomic mass is 10.0. The minimum atomic E-state index is -4.53. The van der Waals surface area contributed by atoms with E-state index < -0.39 is 40.3 Å². The van der Waals surface area contributed by atoms with Gasteiger partial charge < -0.3 is 10.2 Å². The van der Waals surface area contributed by atoms with E-state index in [1.54, 1.807) is 0 Å². The Morgan fingerprint density at radius 2 is 1.84 bits per heavy atom. The number of rotatable bonds is 4. The molecule has 112 valence electrons. The SMILES string of the molecule is CS(=O)(=O)CC(=O)N(CC(F)(F)F)C1CCNCC1. The lowest BCUT2D eigenvalue weighted by Crippen LogP contribution is -2.51. The molecule has 1 amide bonds. The molecule has 0 aromatic heterocycles. The third-order valence-electron chi connectivity index (χ3n) is 2.81. The Morgan fingerprint density at radius 3 is 2.26 bits per heavy atom. The van der Waals surface area contributed by atoms with E-state index in [-0.39, 0.29) is 0 Å². The highest BCUT2D eigenvalue weighted by molar-refractivity contribution is 7.91. The molecule has 0 saturated carbocycles. The fraction of sp³-hybridized carbons (Fsp3) is 0.900. The van der Waals surface area contributed by atoms with E-state index >= 15 is 0 Å². The summed E-state index contributed by atoms with van der Waals surface area (Å²) in [6.45, 7) is -0.359. The third-order valence-corrected chi connectivity index (χ3v) is 3.58. The Hall–Kier alpha value is -0.830. The molecule has 5 nitrogen and oxygen atoms in total. The maximum absolute atomic E-state index is 12.5. The number of carbonyl (C=O) groups is 1. The number of halogens is 3. The highest BCUT2D eigenvalue weighted by Gasteiger charge is 2.37. The first kappa shape index (κ1) is 16.2. The van der Waals surface area contributed by atoms with Gasteiger partial charge in [0.2, 0.25) is 5.91 Å². The lowest BCUT2D eigenvalue weighted by Gasteiger charge is -2.35. The highest BCUT2D eigenvalue weighted by atomic mass is 32.2. The van der Waals surface area contributed by atoms with E-state index in [9.17, 15) is 26.4 Å². The van der Waals surface area contributed by atoms with Crippen LogP contribution in [0.2, 0.25) is 0 Å². The highest BCUT2D eigenvalue weighted by Crippen LogP contribution is 2.21. The number of nitrogens with one attached hydrogen (secondary N) is 1. The van der Waals surface area contributed by atoms with Crippen LogP contribution in [-0.2, 0) is 14.6 Å². The Balaban J connectivity index is 2.81. The standard InChI is InChI=1S/C10H17F3N2O3S/c1-19(17,18)6-9(16)15(7-10(11,12)13)8-2-4-14-5-3-8/h8,14H,2-7H2,1H3. The largest absolute Gasteiger partial charge is 0.406 e. The topological polar surface area (TPSA) is 66.5 Å². The van der Waals surface area contributed by atoms with E-state index in [1.165, 1.54) is 0 Å². The molecule has 0 unspecified atom stereocenters. The molecule has 19 heavy (non-hydrogen) atoms. The first-order chi connectivity index (χ1) is 8.58. The number of hydrogen-bond acceptors (Lipinski definition) is 4. The van der Waals surface area contributed by atoms with Crippen molar-refractivity contribution in [2.75, 3.05) is 31.6 Å². The van der Waals surface area contributed by atoms with Crippen molar-refractivity contribution in [3.05, 3.63) is 0 Å². The predicted octanol–water partition coefficient (Wildman–Crippen LogP) is 0.174. The third kappa shape index (κ3) is 6.24. The average Bonchev–Trinajstić information content (AvgIpc) is 2.23. The van der Waals surface area contributed by atoms with Crippen molar-refractivity contribution in [2.45, 2.75) is 25.1 Å². The number of piperidine rings is 1. The second kappa shape index (κ2) is 6.08. The minimum Gasteiger partial charge on any atom is -0.330 e. The number of amides is 1. The predicted molar refractivity (Wildman–Crippen MR) is 63.4 cm³/mol. The zero-order valence-corrected chi connectivity index (χ0v) is 11.4. The van der Waals surface area contributed by atoms with Gasteiger partial charge in [0.25, 0.3) is 0 Å². The van der Waals surface area contributed by atoms with Crippen LogP contribution >= 0.6 is 0 Å². The van der Waals surface area contributed by atoms with Gasteiger partial charge in [-0.15, -0.1) is 0 Å². The molecule has 9 heteroatoms. The fourth-order valence-electron chi connectivity index (χ4n) is 2.04. The molecule has 1 saturated heterocycles. The number of sulfone groups is 1. The molecule has 1 heterocycles. The van der Waals surface area contributed by atoms with Crippen LogP contribution in [0.3, 0.4) is 0 Å². The van der Waals surface area contributed by atoms with Gasteiger partial charge in [-0.1, -0.05) is 0 Å². The van der Waals surface area contributed by atoms with Crippen molar-refractivity contribution in [1.29, 1.82) is 0 Å². The van der Waals surface area contributed by atoms with Crippen molar-refractivity contribution in [2.24, 2.45) is 0 Å². The summed E-state index contributed by atoms with van der Waals surface area (Å²) in [6, 6.07) is -0.558. The molecule has 0 aliphatic carbocycles. The second-order valence-corrected chi connectivity index (χ2v) is 6.83. The van der Waals surface area contributed by atoms with Gasteiger partial charge in [-0.05, 0) is 25.9 Å². The molecule has 0 aromatic rings. The van der Waals surface area contributed by atoms with Crippen molar-refractivity contribution in [3.63, 3.8) is 0 Å². The van der Waals surface area contributed by atoms with E-state index in [0.29, 0.717) is 30.8 Å². The maximum atomic E-state index is 12.5. The van der Waals surface area contributed by atoms with Crippen LogP contribution in [0.15, 0.2) is 0 Å². The summed E-state index contributed by atoms with van der Waals surface area (Å²) in [5.41, 5.74) is 0. The Bertz CT molecular complexity index is 416. The van der Waals surface area contributed by atoms with Crippen LogP contribution in [0.5, 0.6) is 0 Å². The monoisotopic (exact) mass is 302 g/mol. The molecule has 0 atom stereocenters. The molecule has 1 rings (SSSR count). The number of carbonyl (C=O) groups excluding carboxylic acids is 1. The molecule has 1 aliphatic heterocycles. The van der Waals surface area contributed by atoms with Gasteiger partial charge in [0.1, 0.15) is 12.3 Å². The second-order valence-electron chi connectivity index (χ2n) is 4.69. The van der Waals surface area contributed by atoms with Crippen LogP contribution in [0.25, 0.3) is 0 Å². The van der Waals surface area contributed by atoms with Crippen molar-refractivity contribution < 1.29 is 26.4 Å². The quantitative estimate of drug-likeness (QED) is 0.804. The van der Waals surface area contributed by atoms with Crippen molar-refractivity contribution in [1.82, 2.24) is 10.2 Å². The normalized spacial score (nSPS) is 18.3. The molecule has 0 radical (unpaired) electrons. The summed E-state index contributed by atoms with van der Waals surface area (Å²) >= 11 is 0. The van der Waals surface area contributed by atoms with E-state index in [2.05, 4.69) is 5.32 Å². The molecule has 1 aliphatic rings. The van der Waals surface area contributed by atoms with Gasteiger partial charge >= 0.3 is 6.18 Å². The summed E-state index contributed by atoms with van der Waals surface area (Å²) < 4.78 is 59.6. The maximum Gasteiger partial charge on any atom is 0.406 e. The van der Waals surface area contributed by atoms with Gasteiger partial charge in [-0.3, -0.25) is 4.79 Å². The number of nitrogens with zero attached hydrogens (tertiary/aromatic N) is 1. The molecule has 0 bridgehead atoms. The zero-order valence-electron chi connectivity index (χ0n) is 10.5. The lowest BCUT2D eigenvalue weighted by molar-refractivity contribution is -0.165. The first-order valence-electron chi connectivity index (χ1n) is 5.83. The van der Waals surface area contributed by atoms with Crippen molar-refractivity contribution in [3.8, 4) is 0 Å². The number of alkyl halides is 3. The summed E-state index contributed by atoms with van der Waals surface area (Å²) in [5, 5.41) is 2.98. The van der Waals surface area contributed by atoms with Gasteiger partial charge in [0, 0.05) is 12.3 Å². The van der Waals surface area contributed by atoms with Gasteiger partial charge in [0.05, 0.1) is 0 Å². The van der Waals surface area contributed by atoms with Gasteiger partial charge in [-0.2, -0.15) is 13.2 Å². The Labute approximate surface area is 110 Å². The summed E-state index contributed by atoms with van der Waals surface area (Å²) in [7, 11) is -3.64. The van der Waals surface area contributed by atoms with Crippen LogP contribution in [-0.4, -0.2) is 63.1 Å². The van der Waals surface area contributed by atoms with Crippen LogP contribution in [0.4, 0.5) is 13.2 Å². The first-order valence-corrected chi connectivity index (χ1v) is 7.89. The molecular formula is C10H17F3N2O3S. The average molecular weight is 302 g/mol. The summed E-state index contributed by atoms with van der Waals surface area (Å²) in [4.78, 5) is 12.4. The van der Waals surface area contributed by atoms with E-state index in [4.69, 9.17) is 0 Å². The van der Waals surface area contributed by atoms with Gasteiger partial charge in [-0.25, -0.2) is 8.42 Å². The van der Waals surface area contributed by atoms with Crippen LogP contribution < -0.4 is 5.32 Å². The molecule has 0 spiro atoms. The van der Waals surface area contributed by atoms with E-state index in [1.807, 2.05) is 0 Å². The van der Waals surface area contributed by atoms with E-state index in [0.717, 1.165) is 6.26 Å². The smallest absolute Gasteiger partial charge is 0.330 e. The number of hydrogen-bond donors (Lipinski definition) is 1.